The first-order valence-electron chi connectivity index (χ1n) is 8.67. The predicted octanol–water partition coefficient (Wildman–Crippen LogP) is 1.06. The average molecular weight is 409 g/mol. The van der Waals surface area contributed by atoms with E-state index in [0.29, 0.717) is 5.92 Å². The van der Waals surface area contributed by atoms with E-state index in [9.17, 15) is 0 Å². The molecule has 4 heterocycles. The van der Waals surface area contributed by atoms with Crippen molar-refractivity contribution in [1.82, 2.24) is 24.9 Å². The van der Waals surface area contributed by atoms with Crippen LogP contribution < -0.4 is 14.3 Å². The summed E-state index contributed by atoms with van der Waals surface area (Å²) in [6.45, 7) is 1.89. The molecule has 1 unspecified atom stereocenters. The van der Waals surface area contributed by atoms with Gasteiger partial charge in [0.2, 0.25) is 0 Å². The van der Waals surface area contributed by atoms with Crippen molar-refractivity contribution in [1.29, 1.82) is 0 Å². The van der Waals surface area contributed by atoms with E-state index in [0.717, 1.165) is 58.8 Å². The Kier molecular flexibility index (Phi) is 4.72. The first kappa shape index (κ1) is 17.2. The van der Waals surface area contributed by atoms with Gasteiger partial charge in [0.05, 0.1) is 0 Å². The standard InChI is InChI=1S/C18H20AsN7/c1-25(2)16-9-20-8-14(23-16)12-4-3-7-26(10-12)15-6-5-13-17(24-15)18(19)22-11-21-13/h5-6,8-9,11-12H,3-4,7,10H2,1-2H3. The Hall–Kier alpha value is -2.27. The zero-order chi connectivity index (χ0) is 18.1. The van der Waals surface area contributed by atoms with Crippen LogP contribution in [0.25, 0.3) is 11.0 Å². The third kappa shape index (κ3) is 3.36. The van der Waals surface area contributed by atoms with Gasteiger partial charge in [-0.15, -0.1) is 0 Å². The number of piperidine rings is 1. The van der Waals surface area contributed by atoms with Gasteiger partial charge in [0.1, 0.15) is 0 Å². The van der Waals surface area contributed by atoms with E-state index < -0.39 is 0 Å². The van der Waals surface area contributed by atoms with Gasteiger partial charge >= 0.3 is 161 Å². The van der Waals surface area contributed by atoms with Crippen LogP contribution in [0.15, 0.2) is 30.9 Å². The molecule has 8 heteroatoms. The number of fused-ring (bicyclic) bond motifs is 1. The molecule has 26 heavy (non-hydrogen) atoms. The molecule has 4 rings (SSSR count). The molecule has 0 amide bonds. The molecule has 0 aliphatic carbocycles. The number of anilines is 2. The van der Waals surface area contributed by atoms with Gasteiger partial charge in [-0.3, -0.25) is 0 Å². The Morgan fingerprint density at radius 1 is 1.15 bits per heavy atom. The number of pyridine rings is 1. The predicted molar refractivity (Wildman–Crippen MR) is 103 cm³/mol. The first-order chi connectivity index (χ1) is 12.6. The van der Waals surface area contributed by atoms with E-state index in [4.69, 9.17) is 9.97 Å². The summed E-state index contributed by atoms with van der Waals surface area (Å²) in [7, 11) is 3.98. The summed E-state index contributed by atoms with van der Waals surface area (Å²) in [4.78, 5) is 26.8. The maximum absolute atomic E-state index is 4.81. The Labute approximate surface area is 161 Å². The Morgan fingerprint density at radius 3 is 2.88 bits per heavy atom. The summed E-state index contributed by atoms with van der Waals surface area (Å²) in [6, 6.07) is 4.07. The summed E-state index contributed by atoms with van der Waals surface area (Å²) in [5, 5.41) is 0. The van der Waals surface area contributed by atoms with Gasteiger partial charge in [-0.25, -0.2) is 0 Å². The summed E-state index contributed by atoms with van der Waals surface area (Å²) in [6.07, 6.45) is 7.50. The Bertz CT molecular complexity index is 930. The minimum atomic E-state index is 0.359. The second-order valence-corrected chi connectivity index (χ2v) is 7.60. The zero-order valence-corrected chi connectivity index (χ0v) is 16.7. The molecule has 1 aliphatic rings. The normalized spacial score (nSPS) is 17.5. The van der Waals surface area contributed by atoms with E-state index in [1.54, 1.807) is 12.5 Å². The van der Waals surface area contributed by atoms with Crippen LogP contribution in [0.5, 0.6) is 0 Å². The van der Waals surface area contributed by atoms with Gasteiger partial charge in [0.25, 0.3) is 0 Å². The van der Waals surface area contributed by atoms with Crippen molar-refractivity contribution in [3.63, 3.8) is 0 Å². The second-order valence-electron chi connectivity index (χ2n) is 6.72. The van der Waals surface area contributed by atoms with Crippen molar-refractivity contribution >= 4 is 44.0 Å². The van der Waals surface area contributed by atoms with E-state index in [1.165, 1.54) is 0 Å². The van der Waals surface area contributed by atoms with Crippen molar-refractivity contribution < 1.29 is 0 Å². The van der Waals surface area contributed by atoms with Crippen molar-refractivity contribution in [2.75, 3.05) is 37.0 Å². The van der Waals surface area contributed by atoms with Gasteiger partial charge < -0.3 is 0 Å². The van der Waals surface area contributed by atoms with Gasteiger partial charge in [0.15, 0.2) is 0 Å². The van der Waals surface area contributed by atoms with Crippen LogP contribution in [0.1, 0.15) is 24.5 Å². The van der Waals surface area contributed by atoms with Gasteiger partial charge in [-0.2, -0.15) is 0 Å². The van der Waals surface area contributed by atoms with Crippen LogP contribution in [-0.4, -0.2) is 69.0 Å². The molecule has 1 aliphatic heterocycles. The number of hydrogen-bond acceptors (Lipinski definition) is 7. The van der Waals surface area contributed by atoms with Crippen LogP contribution in [0, 0.1) is 0 Å². The molecular formula is C18H20AsN7. The van der Waals surface area contributed by atoms with Gasteiger partial charge in [-0.05, 0) is 0 Å². The number of aromatic nitrogens is 5. The van der Waals surface area contributed by atoms with Gasteiger partial charge in [0, 0.05) is 0 Å². The molecule has 7 nitrogen and oxygen atoms in total. The number of rotatable bonds is 3. The minimum absolute atomic E-state index is 0.359. The first-order valence-corrected chi connectivity index (χ1v) is 9.60. The Morgan fingerprint density at radius 2 is 2.04 bits per heavy atom. The van der Waals surface area contributed by atoms with Crippen molar-refractivity contribution in [3.05, 3.63) is 36.5 Å². The summed E-state index contributed by atoms with van der Waals surface area (Å²) < 4.78 is 0.850. The average Bonchev–Trinajstić information content (AvgIpc) is 2.68. The summed E-state index contributed by atoms with van der Waals surface area (Å²) in [5.74, 6) is 2.23. The van der Waals surface area contributed by atoms with E-state index >= 15 is 0 Å². The van der Waals surface area contributed by atoms with Crippen LogP contribution in [0.3, 0.4) is 0 Å². The molecule has 0 saturated carbocycles. The van der Waals surface area contributed by atoms with E-state index in [2.05, 4.69) is 36.7 Å². The van der Waals surface area contributed by atoms with Crippen LogP contribution in [0.2, 0.25) is 0 Å². The molecule has 0 N–H and O–H groups in total. The van der Waals surface area contributed by atoms with Crippen molar-refractivity contribution in [2.24, 2.45) is 0 Å². The maximum atomic E-state index is 4.81. The topological polar surface area (TPSA) is 70.9 Å². The van der Waals surface area contributed by atoms with Crippen LogP contribution >= 0.6 is 0 Å². The molecule has 0 spiro atoms. The monoisotopic (exact) mass is 409 g/mol. The third-order valence-corrected chi connectivity index (χ3v) is 5.40. The molecule has 1 fully saturated rings. The van der Waals surface area contributed by atoms with E-state index in [-0.39, 0.29) is 0 Å². The molecule has 1 saturated heterocycles. The fraction of sp³-hybridized carbons (Fsp3) is 0.389. The molecule has 2 radical (unpaired) electrons. The molecule has 1 atom stereocenters. The Balaban J connectivity index is 1.61. The zero-order valence-electron chi connectivity index (χ0n) is 14.9. The number of hydrogen-bond donors (Lipinski definition) is 0. The second kappa shape index (κ2) is 7.15. The quantitative estimate of drug-likeness (QED) is 0.599. The molecular weight excluding hydrogens is 389 g/mol. The van der Waals surface area contributed by atoms with Crippen LogP contribution in [0.4, 0.5) is 11.6 Å². The van der Waals surface area contributed by atoms with E-state index in [1.807, 2.05) is 37.3 Å². The number of nitrogens with zero attached hydrogens (tertiary/aromatic N) is 7. The van der Waals surface area contributed by atoms with Crippen molar-refractivity contribution in [3.8, 4) is 0 Å². The SMILES string of the molecule is CN(C)c1cncc(C2CCCN(c3ccc4ncnc([As])c4n3)C2)n1. The third-order valence-electron chi connectivity index (χ3n) is 4.71. The molecule has 0 bridgehead atoms. The molecule has 3 aromatic heterocycles. The van der Waals surface area contributed by atoms with Crippen LogP contribution in [-0.2, 0) is 0 Å². The van der Waals surface area contributed by atoms with Crippen molar-refractivity contribution in [2.45, 2.75) is 18.8 Å². The summed E-state index contributed by atoms with van der Waals surface area (Å²) in [5.41, 5.74) is 2.77. The molecule has 3 aromatic rings. The summed E-state index contributed by atoms with van der Waals surface area (Å²) >= 11 is 2.47. The molecule has 132 valence electrons. The molecule has 0 aromatic carbocycles. The van der Waals surface area contributed by atoms with Gasteiger partial charge in [-0.1, -0.05) is 0 Å². The fourth-order valence-corrected chi connectivity index (χ4v) is 3.76. The fourth-order valence-electron chi connectivity index (χ4n) is 3.30.